The summed E-state index contributed by atoms with van der Waals surface area (Å²) in [5.41, 5.74) is 1.26. The van der Waals surface area contributed by atoms with Crippen LogP contribution >= 0.6 is 0 Å². The van der Waals surface area contributed by atoms with Crippen LogP contribution in [0.25, 0.3) is 0 Å². The van der Waals surface area contributed by atoms with Gasteiger partial charge in [0.25, 0.3) is 0 Å². The van der Waals surface area contributed by atoms with E-state index in [1.54, 1.807) is 37.4 Å². The number of halogens is 1. The predicted molar refractivity (Wildman–Crippen MR) is 179 cm³/mol. The van der Waals surface area contributed by atoms with Gasteiger partial charge in [0, 0.05) is 29.9 Å². The number of hydrogen-bond acceptors (Lipinski definition) is 11. The number of carbonyl (C=O) groups is 4. The van der Waals surface area contributed by atoms with Crippen LogP contribution in [-0.4, -0.2) is 70.1 Å². The third-order valence-corrected chi connectivity index (χ3v) is 6.51. The second-order valence-corrected chi connectivity index (χ2v) is 10.2. The van der Waals surface area contributed by atoms with E-state index in [2.05, 4.69) is 25.0 Å². The molecule has 0 aliphatic rings. The van der Waals surface area contributed by atoms with Crippen molar-refractivity contribution in [1.82, 2.24) is 0 Å². The van der Waals surface area contributed by atoms with Gasteiger partial charge in [0.15, 0.2) is 17.7 Å². The number of hydrogen-bond donors (Lipinski definition) is 0. The standard InChI is InChI=1S/C38H37FO11/c1-4-35(40)46-22-7-6-21-45-25-32(49-37(42)20-23-47-36(41)5-2)26-48-31-17-13-29(14-18-31)38(43)50-34-19-12-28(24-33(34)39)9-8-27-10-15-30(44-3)16-11-27/h4-5,10-19,24,32H,1-2,6-7,20-23,25-26H2,3H3. The maximum absolute atomic E-state index is 14.7. The number of benzene rings is 3. The SMILES string of the molecule is C=CC(=O)OCCCCOCC(COc1ccc(C(=O)Oc2ccc(C#Cc3ccc(OC)cc3)cc2F)cc1)OC(=O)CCOC(=O)C=C. The van der Waals surface area contributed by atoms with E-state index >= 15 is 0 Å². The fourth-order valence-corrected chi connectivity index (χ4v) is 3.92. The molecule has 1 atom stereocenters. The molecule has 0 fully saturated rings. The molecule has 0 bridgehead atoms. The molecule has 0 spiro atoms. The quantitative estimate of drug-likeness (QED) is 0.0401. The Labute approximate surface area is 289 Å². The smallest absolute Gasteiger partial charge is 0.343 e. The summed E-state index contributed by atoms with van der Waals surface area (Å²) < 4.78 is 51.7. The normalized spacial score (nSPS) is 10.8. The highest BCUT2D eigenvalue weighted by atomic mass is 19.1. The number of ether oxygens (including phenoxy) is 7. The van der Waals surface area contributed by atoms with Gasteiger partial charge in [-0.2, -0.15) is 0 Å². The first kappa shape index (κ1) is 38.5. The summed E-state index contributed by atoms with van der Waals surface area (Å²) in [6.45, 7) is 6.84. The van der Waals surface area contributed by atoms with Crippen LogP contribution in [0.2, 0.25) is 0 Å². The molecule has 0 N–H and O–H groups in total. The minimum absolute atomic E-state index is 0.00748. The van der Waals surface area contributed by atoms with Crippen molar-refractivity contribution in [3.05, 3.63) is 115 Å². The Morgan fingerprint density at radius 2 is 1.40 bits per heavy atom. The van der Waals surface area contributed by atoms with Gasteiger partial charge in [-0.05, 0) is 79.6 Å². The Morgan fingerprint density at radius 3 is 2.06 bits per heavy atom. The summed E-state index contributed by atoms with van der Waals surface area (Å²) >= 11 is 0. The molecule has 0 saturated heterocycles. The van der Waals surface area contributed by atoms with Gasteiger partial charge in [-0.1, -0.05) is 25.0 Å². The molecule has 50 heavy (non-hydrogen) atoms. The van der Waals surface area contributed by atoms with E-state index < -0.39 is 35.8 Å². The third-order valence-electron chi connectivity index (χ3n) is 6.51. The Hall–Kier alpha value is -5.93. The zero-order valence-corrected chi connectivity index (χ0v) is 27.5. The molecule has 0 aromatic heterocycles. The molecule has 3 aromatic carbocycles. The molecule has 0 saturated carbocycles. The second kappa shape index (κ2) is 21.1. The molecule has 0 amide bonds. The van der Waals surface area contributed by atoms with Crippen LogP contribution in [0.1, 0.15) is 40.7 Å². The molecule has 11 nitrogen and oxygen atoms in total. The van der Waals surface area contributed by atoms with E-state index in [0.717, 1.165) is 17.7 Å². The van der Waals surface area contributed by atoms with Crippen molar-refractivity contribution < 1.29 is 56.7 Å². The highest BCUT2D eigenvalue weighted by Gasteiger charge is 2.18. The summed E-state index contributed by atoms with van der Waals surface area (Å²) in [5.74, 6) is 3.24. The lowest BCUT2D eigenvalue weighted by atomic mass is 10.1. The second-order valence-electron chi connectivity index (χ2n) is 10.2. The van der Waals surface area contributed by atoms with E-state index in [0.29, 0.717) is 36.5 Å². The van der Waals surface area contributed by atoms with Gasteiger partial charge in [-0.25, -0.2) is 18.8 Å². The van der Waals surface area contributed by atoms with Crippen molar-refractivity contribution in [2.45, 2.75) is 25.4 Å². The monoisotopic (exact) mass is 688 g/mol. The molecule has 3 aromatic rings. The fourth-order valence-electron chi connectivity index (χ4n) is 3.92. The van der Waals surface area contributed by atoms with Crippen molar-refractivity contribution in [3.63, 3.8) is 0 Å². The van der Waals surface area contributed by atoms with E-state index in [1.165, 1.54) is 36.4 Å². The van der Waals surface area contributed by atoms with Crippen molar-refractivity contribution in [1.29, 1.82) is 0 Å². The van der Waals surface area contributed by atoms with Crippen molar-refractivity contribution in [2.75, 3.05) is 40.1 Å². The molecule has 0 radical (unpaired) electrons. The first-order valence-corrected chi connectivity index (χ1v) is 15.5. The summed E-state index contributed by atoms with van der Waals surface area (Å²) in [4.78, 5) is 47.4. The molecular weight excluding hydrogens is 651 g/mol. The first-order chi connectivity index (χ1) is 24.2. The number of methoxy groups -OCH3 is 1. The van der Waals surface area contributed by atoms with Crippen molar-refractivity contribution >= 4 is 23.9 Å². The Morgan fingerprint density at radius 1 is 0.780 bits per heavy atom. The van der Waals surface area contributed by atoms with Gasteiger partial charge < -0.3 is 33.2 Å². The molecular formula is C38H37FO11. The minimum atomic E-state index is -0.826. The Bertz CT molecular complexity index is 1670. The summed E-state index contributed by atoms with van der Waals surface area (Å²) in [5, 5.41) is 0. The molecule has 0 aliphatic carbocycles. The van der Waals surface area contributed by atoms with Crippen LogP contribution in [-0.2, 0) is 33.3 Å². The van der Waals surface area contributed by atoms with Gasteiger partial charge in [-0.3, -0.25) is 4.79 Å². The molecule has 12 heteroatoms. The van der Waals surface area contributed by atoms with E-state index in [4.69, 9.17) is 33.2 Å². The summed E-state index contributed by atoms with van der Waals surface area (Å²) in [6, 6.07) is 17.0. The van der Waals surface area contributed by atoms with Crippen molar-refractivity contribution in [2.24, 2.45) is 0 Å². The Balaban J connectivity index is 1.52. The van der Waals surface area contributed by atoms with Gasteiger partial charge in [0.2, 0.25) is 0 Å². The van der Waals surface area contributed by atoms with Crippen LogP contribution < -0.4 is 14.2 Å². The molecule has 262 valence electrons. The highest BCUT2D eigenvalue weighted by Crippen LogP contribution is 2.21. The number of esters is 4. The van der Waals surface area contributed by atoms with Gasteiger partial charge >= 0.3 is 23.9 Å². The van der Waals surface area contributed by atoms with Crippen molar-refractivity contribution in [3.8, 4) is 29.1 Å². The van der Waals surface area contributed by atoms with Crippen LogP contribution in [0, 0.1) is 17.7 Å². The largest absolute Gasteiger partial charge is 0.497 e. The highest BCUT2D eigenvalue weighted by molar-refractivity contribution is 5.91. The topological polar surface area (TPSA) is 133 Å². The first-order valence-electron chi connectivity index (χ1n) is 15.5. The fraction of sp³-hybridized carbons (Fsp3) is 0.263. The zero-order valence-electron chi connectivity index (χ0n) is 27.5. The van der Waals surface area contributed by atoms with E-state index in [9.17, 15) is 23.6 Å². The predicted octanol–water partition coefficient (Wildman–Crippen LogP) is 5.39. The lowest BCUT2D eigenvalue weighted by molar-refractivity contribution is -0.156. The maximum atomic E-state index is 14.7. The summed E-state index contributed by atoms with van der Waals surface area (Å²) in [7, 11) is 1.57. The average molecular weight is 689 g/mol. The lowest BCUT2D eigenvalue weighted by Gasteiger charge is -2.19. The molecule has 0 heterocycles. The number of carbonyl (C=O) groups excluding carboxylic acids is 4. The van der Waals surface area contributed by atoms with E-state index in [1.807, 2.05) is 0 Å². The van der Waals surface area contributed by atoms with Gasteiger partial charge in [0.05, 0.1) is 32.3 Å². The van der Waals surface area contributed by atoms with Crippen LogP contribution in [0.3, 0.4) is 0 Å². The maximum Gasteiger partial charge on any atom is 0.343 e. The minimum Gasteiger partial charge on any atom is -0.497 e. The molecule has 0 aliphatic heterocycles. The number of unbranched alkanes of at least 4 members (excludes halogenated alkanes) is 1. The van der Waals surface area contributed by atoms with Crippen LogP contribution in [0.4, 0.5) is 4.39 Å². The molecule has 3 rings (SSSR count). The van der Waals surface area contributed by atoms with Gasteiger partial charge in [0.1, 0.15) is 24.7 Å². The third kappa shape index (κ3) is 14.0. The summed E-state index contributed by atoms with van der Waals surface area (Å²) in [6.07, 6.45) is 2.18. The van der Waals surface area contributed by atoms with E-state index in [-0.39, 0.29) is 44.2 Å². The van der Waals surface area contributed by atoms with Crippen LogP contribution in [0.5, 0.6) is 17.2 Å². The lowest BCUT2D eigenvalue weighted by Crippen LogP contribution is -2.30. The Kier molecular flexibility index (Phi) is 16.3. The number of rotatable bonds is 19. The van der Waals surface area contributed by atoms with Gasteiger partial charge in [-0.15, -0.1) is 0 Å². The van der Waals surface area contributed by atoms with Crippen LogP contribution in [0.15, 0.2) is 92.0 Å². The zero-order chi connectivity index (χ0) is 36.1. The average Bonchev–Trinajstić information content (AvgIpc) is 3.13. The molecule has 1 unspecified atom stereocenters.